The second kappa shape index (κ2) is 10.1. The number of benzene rings is 2. The van der Waals surface area contributed by atoms with Crippen molar-refractivity contribution < 1.29 is 4.74 Å². The Labute approximate surface area is 213 Å². The standard InChI is InChI=1S/C29H34N6O/c1-20-18-34(27-9-6-22(16-30)29-26(27)3-2-11-32-29)19-25-15-24(10-13-35(20)25)33-23-7-4-21(5-8-23)28-17-31-12-14-36-28/h2-9,11,20,24-25,28,31,33H,10,12-15,17-19H2,1H3/t20?,24?,25?,28-/m1/s1. The van der Waals surface area contributed by atoms with Crippen molar-refractivity contribution >= 4 is 22.3 Å². The van der Waals surface area contributed by atoms with Crippen molar-refractivity contribution in [3.63, 3.8) is 0 Å². The number of pyridine rings is 1. The van der Waals surface area contributed by atoms with Crippen molar-refractivity contribution in [2.24, 2.45) is 0 Å². The third kappa shape index (κ3) is 4.53. The maximum absolute atomic E-state index is 9.54. The molecule has 3 fully saturated rings. The van der Waals surface area contributed by atoms with Crippen molar-refractivity contribution in [1.29, 1.82) is 5.26 Å². The molecule has 3 aliphatic heterocycles. The fraction of sp³-hybridized carbons (Fsp3) is 0.448. The van der Waals surface area contributed by atoms with Gasteiger partial charge in [-0.25, -0.2) is 0 Å². The normalized spacial score (nSPS) is 26.8. The van der Waals surface area contributed by atoms with E-state index in [1.807, 2.05) is 12.1 Å². The summed E-state index contributed by atoms with van der Waals surface area (Å²) in [5, 5.41) is 17.8. The molecule has 7 nitrogen and oxygen atoms in total. The first-order valence-corrected chi connectivity index (χ1v) is 13.2. The van der Waals surface area contributed by atoms with E-state index >= 15 is 0 Å². The average Bonchev–Trinajstić information content (AvgIpc) is 2.93. The minimum atomic E-state index is 0.152. The van der Waals surface area contributed by atoms with Crippen LogP contribution >= 0.6 is 0 Å². The van der Waals surface area contributed by atoms with Gasteiger partial charge in [-0.1, -0.05) is 12.1 Å². The molecule has 3 aliphatic rings. The Hall–Kier alpha value is -3.18. The number of nitrogens with one attached hydrogen (secondary N) is 2. The van der Waals surface area contributed by atoms with E-state index in [2.05, 4.69) is 74.8 Å². The fourth-order valence-electron chi connectivity index (χ4n) is 6.24. The zero-order valence-corrected chi connectivity index (χ0v) is 20.9. The van der Waals surface area contributed by atoms with Crippen LogP contribution in [0, 0.1) is 11.3 Å². The van der Waals surface area contributed by atoms with Crippen molar-refractivity contribution in [1.82, 2.24) is 15.2 Å². The second-order valence-electron chi connectivity index (χ2n) is 10.3. The topological polar surface area (TPSA) is 76.5 Å². The van der Waals surface area contributed by atoms with Crippen LogP contribution in [0.2, 0.25) is 0 Å². The number of piperidine rings is 1. The van der Waals surface area contributed by atoms with Gasteiger partial charge < -0.3 is 20.3 Å². The predicted octanol–water partition coefficient (Wildman–Crippen LogP) is 3.92. The summed E-state index contributed by atoms with van der Waals surface area (Å²) in [5.74, 6) is 0. The fourth-order valence-corrected chi connectivity index (χ4v) is 6.24. The molecule has 0 amide bonds. The van der Waals surface area contributed by atoms with Crippen molar-refractivity contribution in [3.05, 3.63) is 65.9 Å². The molecule has 3 unspecified atom stereocenters. The highest BCUT2D eigenvalue weighted by Crippen LogP contribution is 2.34. The molecule has 186 valence electrons. The number of aromatic nitrogens is 1. The molecule has 0 aliphatic carbocycles. The summed E-state index contributed by atoms with van der Waals surface area (Å²) in [4.78, 5) is 9.72. The van der Waals surface area contributed by atoms with Gasteiger partial charge in [0.1, 0.15) is 6.07 Å². The zero-order valence-electron chi connectivity index (χ0n) is 20.9. The van der Waals surface area contributed by atoms with Gasteiger partial charge in [0.15, 0.2) is 0 Å². The highest BCUT2D eigenvalue weighted by Gasteiger charge is 2.37. The first-order valence-electron chi connectivity index (χ1n) is 13.2. The maximum atomic E-state index is 9.54. The van der Waals surface area contributed by atoms with Crippen LogP contribution in [0.25, 0.3) is 10.9 Å². The van der Waals surface area contributed by atoms with Crippen LogP contribution < -0.4 is 15.5 Å². The van der Waals surface area contributed by atoms with Gasteiger partial charge in [0.25, 0.3) is 0 Å². The molecule has 0 saturated carbocycles. The highest BCUT2D eigenvalue weighted by molar-refractivity contribution is 5.95. The number of morpholine rings is 1. The van der Waals surface area contributed by atoms with E-state index in [4.69, 9.17) is 4.74 Å². The van der Waals surface area contributed by atoms with Crippen LogP contribution in [0.1, 0.15) is 37.0 Å². The molecular formula is C29H34N6O. The Morgan fingerprint density at radius 2 is 2.03 bits per heavy atom. The number of hydrogen-bond acceptors (Lipinski definition) is 7. The Morgan fingerprint density at radius 3 is 2.83 bits per heavy atom. The molecule has 0 radical (unpaired) electrons. The Bertz CT molecular complexity index is 1250. The molecule has 0 spiro atoms. The summed E-state index contributed by atoms with van der Waals surface area (Å²) in [5.41, 5.74) is 5.05. The van der Waals surface area contributed by atoms with Gasteiger partial charge in [-0.2, -0.15) is 5.26 Å². The number of anilines is 2. The number of rotatable bonds is 4. The molecule has 2 aromatic carbocycles. The first-order chi connectivity index (χ1) is 17.7. The summed E-state index contributed by atoms with van der Waals surface area (Å²) in [6.07, 6.45) is 4.20. The van der Waals surface area contributed by atoms with Crippen LogP contribution in [-0.4, -0.2) is 67.3 Å². The molecule has 36 heavy (non-hydrogen) atoms. The number of fused-ring (bicyclic) bond motifs is 2. The van der Waals surface area contributed by atoms with E-state index in [1.54, 1.807) is 6.20 Å². The van der Waals surface area contributed by atoms with Crippen molar-refractivity contribution in [2.75, 3.05) is 49.5 Å². The zero-order chi connectivity index (χ0) is 24.5. The van der Waals surface area contributed by atoms with Crippen LogP contribution in [0.5, 0.6) is 0 Å². The lowest BCUT2D eigenvalue weighted by atomic mass is 9.91. The van der Waals surface area contributed by atoms with E-state index < -0.39 is 0 Å². The van der Waals surface area contributed by atoms with E-state index in [9.17, 15) is 5.26 Å². The van der Waals surface area contributed by atoms with Gasteiger partial charge in [0.2, 0.25) is 0 Å². The third-order valence-electron chi connectivity index (χ3n) is 8.03. The molecule has 3 saturated heterocycles. The van der Waals surface area contributed by atoms with Gasteiger partial charge in [-0.15, -0.1) is 0 Å². The molecule has 1 aromatic heterocycles. The van der Waals surface area contributed by atoms with Gasteiger partial charge in [-0.05, 0) is 61.7 Å². The molecule has 0 bridgehead atoms. The van der Waals surface area contributed by atoms with Crippen molar-refractivity contribution in [2.45, 2.75) is 44.0 Å². The molecular weight excluding hydrogens is 448 g/mol. The van der Waals surface area contributed by atoms with Gasteiger partial charge >= 0.3 is 0 Å². The lowest BCUT2D eigenvalue weighted by molar-refractivity contribution is 0.0277. The smallest absolute Gasteiger partial charge is 0.101 e. The average molecular weight is 483 g/mol. The predicted molar refractivity (Wildman–Crippen MR) is 143 cm³/mol. The molecule has 4 heterocycles. The third-order valence-corrected chi connectivity index (χ3v) is 8.03. The summed E-state index contributed by atoms with van der Waals surface area (Å²) < 4.78 is 5.90. The van der Waals surface area contributed by atoms with Crippen LogP contribution in [0.15, 0.2) is 54.7 Å². The number of piperazine rings is 1. The van der Waals surface area contributed by atoms with Crippen LogP contribution in [0.4, 0.5) is 11.4 Å². The molecule has 6 rings (SSSR count). The number of ether oxygens (including phenoxy) is 1. The first kappa shape index (κ1) is 23.2. The van der Waals surface area contributed by atoms with Crippen LogP contribution in [0.3, 0.4) is 0 Å². The summed E-state index contributed by atoms with van der Waals surface area (Å²) >= 11 is 0. The molecule has 4 atom stereocenters. The van der Waals surface area contributed by atoms with Crippen molar-refractivity contribution in [3.8, 4) is 6.07 Å². The Balaban J connectivity index is 1.16. The number of nitriles is 1. The van der Waals surface area contributed by atoms with E-state index in [0.717, 1.165) is 63.1 Å². The summed E-state index contributed by atoms with van der Waals surface area (Å²) in [6.45, 7) is 8.03. The summed E-state index contributed by atoms with van der Waals surface area (Å²) in [7, 11) is 0. The minimum Gasteiger partial charge on any atom is -0.382 e. The van der Waals surface area contributed by atoms with Crippen LogP contribution in [-0.2, 0) is 4.74 Å². The minimum absolute atomic E-state index is 0.152. The van der Waals surface area contributed by atoms with Gasteiger partial charge in [-0.3, -0.25) is 9.88 Å². The van der Waals surface area contributed by atoms with Gasteiger partial charge in [0, 0.05) is 73.8 Å². The van der Waals surface area contributed by atoms with E-state index in [-0.39, 0.29) is 6.10 Å². The lowest BCUT2D eigenvalue weighted by Gasteiger charge is -2.50. The molecule has 3 aromatic rings. The Kier molecular flexibility index (Phi) is 6.49. The summed E-state index contributed by atoms with van der Waals surface area (Å²) in [6, 6.07) is 20.6. The number of nitrogens with zero attached hydrogens (tertiary/aromatic N) is 4. The lowest BCUT2D eigenvalue weighted by Crippen LogP contribution is -2.61. The van der Waals surface area contributed by atoms with E-state index in [0.29, 0.717) is 23.7 Å². The van der Waals surface area contributed by atoms with Gasteiger partial charge in [0.05, 0.1) is 23.8 Å². The maximum Gasteiger partial charge on any atom is 0.101 e. The monoisotopic (exact) mass is 482 g/mol. The largest absolute Gasteiger partial charge is 0.382 e. The SMILES string of the molecule is CC1CN(c2ccc(C#N)c3ncccc23)CC2CC(Nc3ccc([C@H]4CNCCO4)cc3)CCN12. The molecule has 7 heteroatoms. The quantitative estimate of drug-likeness (QED) is 0.584. The second-order valence-corrected chi connectivity index (χ2v) is 10.3. The number of hydrogen-bond donors (Lipinski definition) is 2. The molecule has 2 N–H and O–H groups in total. The van der Waals surface area contributed by atoms with E-state index in [1.165, 1.54) is 16.9 Å². The Morgan fingerprint density at radius 1 is 1.14 bits per heavy atom. The highest BCUT2D eigenvalue weighted by atomic mass is 16.5.